The maximum absolute atomic E-state index is 13.5. The van der Waals surface area contributed by atoms with E-state index in [-0.39, 0.29) is 5.56 Å². The molecule has 0 radical (unpaired) electrons. The number of rotatable bonds is 7. The SMILES string of the molecule is COc1ccc(F)cc1-c1cccc(C(=O)NCC(=O)NCC(F)F)c1. The molecular weight excluding hydrogens is 349 g/mol. The van der Waals surface area contributed by atoms with E-state index in [0.29, 0.717) is 16.9 Å². The minimum absolute atomic E-state index is 0.232. The van der Waals surface area contributed by atoms with Crippen LogP contribution in [0.2, 0.25) is 0 Å². The summed E-state index contributed by atoms with van der Waals surface area (Å²) in [4.78, 5) is 23.5. The van der Waals surface area contributed by atoms with Crippen molar-refractivity contribution in [1.29, 1.82) is 0 Å². The van der Waals surface area contributed by atoms with Crippen LogP contribution in [0.1, 0.15) is 10.4 Å². The zero-order valence-electron chi connectivity index (χ0n) is 13.9. The second-order valence-corrected chi connectivity index (χ2v) is 5.30. The molecule has 8 heteroatoms. The van der Waals surface area contributed by atoms with Crippen molar-refractivity contribution in [3.63, 3.8) is 0 Å². The van der Waals surface area contributed by atoms with Crippen molar-refractivity contribution >= 4 is 11.8 Å². The Bertz CT molecular complexity index is 797. The van der Waals surface area contributed by atoms with Crippen LogP contribution >= 0.6 is 0 Å². The molecule has 0 aliphatic rings. The number of ether oxygens (including phenoxy) is 1. The maximum Gasteiger partial charge on any atom is 0.255 e. The van der Waals surface area contributed by atoms with Gasteiger partial charge >= 0.3 is 0 Å². The van der Waals surface area contributed by atoms with E-state index in [0.717, 1.165) is 0 Å². The van der Waals surface area contributed by atoms with E-state index in [1.165, 1.54) is 37.4 Å². The van der Waals surface area contributed by atoms with Crippen LogP contribution in [0, 0.1) is 5.82 Å². The Labute approximate surface area is 148 Å². The Morgan fingerprint density at radius 2 is 1.88 bits per heavy atom. The quantitative estimate of drug-likeness (QED) is 0.792. The van der Waals surface area contributed by atoms with Gasteiger partial charge in [0.1, 0.15) is 11.6 Å². The van der Waals surface area contributed by atoms with Gasteiger partial charge in [-0.25, -0.2) is 13.2 Å². The summed E-state index contributed by atoms with van der Waals surface area (Å²) in [5.41, 5.74) is 1.25. The minimum Gasteiger partial charge on any atom is -0.496 e. The van der Waals surface area contributed by atoms with Gasteiger partial charge < -0.3 is 15.4 Å². The van der Waals surface area contributed by atoms with Gasteiger partial charge in [0.25, 0.3) is 12.3 Å². The fourth-order valence-electron chi connectivity index (χ4n) is 2.25. The summed E-state index contributed by atoms with van der Waals surface area (Å²) in [5.74, 6) is -1.29. The lowest BCUT2D eigenvalue weighted by atomic mass is 10.0. The molecule has 26 heavy (non-hydrogen) atoms. The highest BCUT2D eigenvalue weighted by atomic mass is 19.3. The molecule has 2 amide bonds. The smallest absolute Gasteiger partial charge is 0.255 e. The molecule has 0 bridgehead atoms. The van der Waals surface area contributed by atoms with Gasteiger partial charge in [0.15, 0.2) is 0 Å². The first-order valence-electron chi connectivity index (χ1n) is 7.67. The van der Waals surface area contributed by atoms with Crippen LogP contribution in [-0.4, -0.2) is 38.4 Å². The highest BCUT2D eigenvalue weighted by molar-refractivity contribution is 5.97. The summed E-state index contributed by atoms with van der Waals surface area (Å²) < 4.78 is 42.8. The number of halogens is 3. The average Bonchev–Trinajstić information content (AvgIpc) is 2.64. The van der Waals surface area contributed by atoms with Crippen LogP contribution in [-0.2, 0) is 4.79 Å². The minimum atomic E-state index is -2.66. The number of nitrogens with one attached hydrogen (secondary N) is 2. The lowest BCUT2D eigenvalue weighted by molar-refractivity contribution is -0.120. The van der Waals surface area contributed by atoms with Crippen molar-refractivity contribution in [2.75, 3.05) is 20.2 Å². The predicted octanol–water partition coefficient (Wildman–Crippen LogP) is 2.61. The molecule has 0 aromatic heterocycles. The topological polar surface area (TPSA) is 67.4 Å². The number of hydrogen-bond acceptors (Lipinski definition) is 3. The summed E-state index contributed by atoms with van der Waals surface area (Å²) in [5, 5.41) is 4.33. The molecule has 0 aliphatic carbocycles. The molecule has 5 nitrogen and oxygen atoms in total. The first-order chi connectivity index (χ1) is 12.4. The fraction of sp³-hybridized carbons (Fsp3) is 0.222. The Kier molecular flexibility index (Phi) is 6.60. The summed E-state index contributed by atoms with van der Waals surface area (Å²) in [7, 11) is 1.45. The van der Waals surface area contributed by atoms with E-state index in [1.54, 1.807) is 12.1 Å². The molecule has 0 heterocycles. The Balaban J connectivity index is 2.10. The second-order valence-electron chi connectivity index (χ2n) is 5.30. The summed E-state index contributed by atoms with van der Waals surface area (Å²) in [6, 6.07) is 10.3. The summed E-state index contributed by atoms with van der Waals surface area (Å²) in [6.07, 6.45) is -2.66. The van der Waals surface area contributed by atoms with Gasteiger partial charge in [-0.3, -0.25) is 9.59 Å². The van der Waals surface area contributed by atoms with Gasteiger partial charge in [0.05, 0.1) is 20.2 Å². The number of carbonyl (C=O) groups is 2. The van der Waals surface area contributed by atoms with E-state index in [4.69, 9.17) is 4.74 Å². The van der Waals surface area contributed by atoms with Gasteiger partial charge in [-0.1, -0.05) is 12.1 Å². The molecule has 2 N–H and O–H groups in total. The lowest BCUT2D eigenvalue weighted by Gasteiger charge is -2.11. The molecule has 2 aromatic rings. The first kappa shape index (κ1) is 19.3. The normalized spacial score (nSPS) is 10.5. The van der Waals surface area contributed by atoms with Crippen LogP contribution in [0.25, 0.3) is 11.1 Å². The molecule has 0 spiro atoms. The van der Waals surface area contributed by atoms with Crippen molar-refractivity contribution in [2.45, 2.75) is 6.43 Å². The third kappa shape index (κ3) is 5.23. The molecule has 2 rings (SSSR count). The third-order valence-corrected chi connectivity index (χ3v) is 3.46. The van der Waals surface area contributed by atoms with Crippen molar-refractivity contribution in [3.05, 3.63) is 53.8 Å². The standard InChI is InChI=1S/C18H17F3N2O3/c1-26-15-6-5-13(19)8-14(15)11-3-2-4-12(7-11)18(25)23-10-17(24)22-9-16(20)21/h2-8,16H,9-10H2,1H3,(H,22,24)(H,23,25). The number of alkyl halides is 2. The third-order valence-electron chi connectivity index (χ3n) is 3.46. The van der Waals surface area contributed by atoms with Crippen molar-refractivity contribution < 1.29 is 27.5 Å². The molecule has 0 unspecified atom stereocenters. The number of hydrogen-bond donors (Lipinski definition) is 2. The maximum atomic E-state index is 13.5. The summed E-state index contributed by atoms with van der Waals surface area (Å²) >= 11 is 0. The van der Waals surface area contributed by atoms with Crippen LogP contribution < -0.4 is 15.4 Å². The molecule has 2 aromatic carbocycles. The van der Waals surface area contributed by atoms with E-state index < -0.39 is 37.1 Å². The summed E-state index contributed by atoms with van der Waals surface area (Å²) in [6.45, 7) is -1.21. The second kappa shape index (κ2) is 8.89. The zero-order chi connectivity index (χ0) is 19.1. The first-order valence-corrected chi connectivity index (χ1v) is 7.67. The van der Waals surface area contributed by atoms with Crippen molar-refractivity contribution in [1.82, 2.24) is 10.6 Å². The molecule has 0 fully saturated rings. The van der Waals surface area contributed by atoms with Crippen molar-refractivity contribution in [2.24, 2.45) is 0 Å². The molecule has 0 atom stereocenters. The van der Waals surface area contributed by atoms with E-state index in [2.05, 4.69) is 5.32 Å². The largest absolute Gasteiger partial charge is 0.496 e. The zero-order valence-corrected chi connectivity index (χ0v) is 13.9. The Morgan fingerprint density at radius 1 is 1.12 bits per heavy atom. The van der Waals surface area contributed by atoms with Gasteiger partial charge in [-0.05, 0) is 35.9 Å². The average molecular weight is 366 g/mol. The van der Waals surface area contributed by atoms with Crippen LogP contribution in [0.5, 0.6) is 5.75 Å². The molecule has 138 valence electrons. The number of benzene rings is 2. The van der Waals surface area contributed by atoms with Gasteiger partial charge in [-0.15, -0.1) is 0 Å². The Morgan fingerprint density at radius 3 is 2.58 bits per heavy atom. The fourth-order valence-corrected chi connectivity index (χ4v) is 2.25. The molecular formula is C18H17F3N2O3. The molecule has 0 aliphatic heterocycles. The highest BCUT2D eigenvalue weighted by Gasteiger charge is 2.12. The van der Waals surface area contributed by atoms with E-state index in [1.807, 2.05) is 5.32 Å². The molecule has 0 saturated heterocycles. The number of methoxy groups -OCH3 is 1. The highest BCUT2D eigenvalue weighted by Crippen LogP contribution is 2.31. The van der Waals surface area contributed by atoms with Crippen molar-refractivity contribution in [3.8, 4) is 16.9 Å². The van der Waals surface area contributed by atoms with Gasteiger partial charge in [-0.2, -0.15) is 0 Å². The van der Waals surface area contributed by atoms with Crippen LogP contribution in [0.15, 0.2) is 42.5 Å². The predicted molar refractivity (Wildman–Crippen MR) is 89.7 cm³/mol. The van der Waals surface area contributed by atoms with E-state index >= 15 is 0 Å². The number of amides is 2. The lowest BCUT2D eigenvalue weighted by Crippen LogP contribution is -2.38. The van der Waals surface area contributed by atoms with Crippen LogP contribution in [0.4, 0.5) is 13.2 Å². The van der Waals surface area contributed by atoms with E-state index in [9.17, 15) is 22.8 Å². The Hall–Kier alpha value is -3.03. The monoisotopic (exact) mass is 366 g/mol. The number of carbonyl (C=O) groups excluding carboxylic acids is 2. The van der Waals surface area contributed by atoms with Gasteiger partial charge in [0.2, 0.25) is 5.91 Å². The van der Waals surface area contributed by atoms with Crippen LogP contribution in [0.3, 0.4) is 0 Å². The van der Waals surface area contributed by atoms with Gasteiger partial charge in [0, 0.05) is 11.1 Å². The molecule has 0 saturated carbocycles.